The number of aryl methyl sites for hydroxylation is 2. The molecular formula is C15H19N3OS. The Kier molecular flexibility index (Phi) is 4.74. The Morgan fingerprint density at radius 1 is 1.50 bits per heavy atom. The summed E-state index contributed by atoms with van der Waals surface area (Å²) in [6.07, 6.45) is 4.28. The van der Waals surface area contributed by atoms with Crippen LogP contribution in [0.5, 0.6) is 0 Å². The van der Waals surface area contributed by atoms with E-state index in [0.29, 0.717) is 6.54 Å². The topological polar surface area (TPSA) is 46.9 Å². The van der Waals surface area contributed by atoms with E-state index in [-0.39, 0.29) is 5.91 Å². The van der Waals surface area contributed by atoms with Gasteiger partial charge in [0.05, 0.1) is 5.69 Å². The number of hydrogen-bond donors (Lipinski definition) is 1. The Morgan fingerprint density at radius 2 is 2.30 bits per heavy atom. The molecule has 0 spiro atoms. The first kappa shape index (κ1) is 14.5. The number of aromatic nitrogens is 2. The third-order valence-electron chi connectivity index (χ3n) is 3.22. The van der Waals surface area contributed by atoms with Crippen LogP contribution < -0.4 is 5.32 Å². The minimum atomic E-state index is -0.0655. The molecule has 0 aromatic carbocycles. The molecule has 0 unspecified atom stereocenters. The monoisotopic (exact) mass is 289 g/mol. The molecular weight excluding hydrogens is 270 g/mol. The highest BCUT2D eigenvalue weighted by Crippen LogP contribution is 2.13. The largest absolute Gasteiger partial charge is 0.352 e. The van der Waals surface area contributed by atoms with E-state index >= 15 is 0 Å². The summed E-state index contributed by atoms with van der Waals surface area (Å²) in [7, 11) is 1.90. The van der Waals surface area contributed by atoms with Gasteiger partial charge in [-0.1, -0.05) is 6.07 Å². The molecule has 106 valence electrons. The van der Waals surface area contributed by atoms with Crippen molar-refractivity contribution in [1.29, 1.82) is 0 Å². The molecule has 20 heavy (non-hydrogen) atoms. The number of rotatable bonds is 5. The fraction of sp³-hybridized carbons (Fsp3) is 0.333. The van der Waals surface area contributed by atoms with Crippen LogP contribution in [0.2, 0.25) is 0 Å². The van der Waals surface area contributed by atoms with Gasteiger partial charge in [-0.3, -0.25) is 9.48 Å². The zero-order chi connectivity index (χ0) is 14.5. The Labute approximate surface area is 123 Å². The van der Waals surface area contributed by atoms with Gasteiger partial charge in [0.25, 0.3) is 0 Å². The molecule has 2 heterocycles. The van der Waals surface area contributed by atoms with Crippen LogP contribution in [0.25, 0.3) is 6.08 Å². The van der Waals surface area contributed by atoms with Crippen LogP contribution in [0.15, 0.2) is 23.6 Å². The van der Waals surface area contributed by atoms with Crippen molar-refractivity contribution >= 4 is 23.3 Å². The summed E-state index contributed by atoms with van der Waals surface area (Å²) in [6.45, 7) is 4.60. The molecule has 5 heteroatoms. The molecule has 0 aliphatic rings. The van der Waals surface area contributed by atoms with Gasteiger partial charge in [0.2, 0.25) is 5.91 Å². The van der Waals surface area contributed by atoms with E-state index in [1.165, 1.54) is 4.88 Å². The molecule has 2 aromatic rings. The SMILES string of the molecule is Cc1nn(C)c(C)c1C=CC(=O)NCCc1cccs1. The second-order valence-corrected chi connectivity index (χ2v) is 5.69. The number of amides is 1. The second kappa shape index (κ2) is 6.52. The predicted molar refractivity (Wildman–Crippen MR) is 82.7 cm³/mol. The van der Waals surface area contributed by atoms with Gasteiger partial charge in [-0.2, -0.15) is 5.10 Å². The Bertz CT molecular complexity index is 611. The lowest BCUT2D eigenvalue weighted by Crippen LogP contribution is -2.23. The number of nitrogens with one attached hydrogen (secondary N) is 1. The number of thiophene rings is 1. The fourth-order valence-corrected chi connectivity index (χ4v) is 2.72. The lowest BCUT2D eigenvalue weighted by Gasteiger charge is -2.00. The van der Waals surface area contributed by atoms with Gasteiger partial charge in [-0.25, -0.2) is 0 Å². The normalized spacial score (nSPS) is 11.2. The minimum Gasteiger partial charge on any atom is -0.352 e. The molecule has 4 nitrogen and oxygen atoms in total. The Hall–Kier alpha value is -1.88. The first-order valence-corrected chi connectivity index (χ1v) is 7.44. The van der Waals surface area contributed by atoms with Crippen LogP contribution in [0, 0.1) is 13.8 Å². The van der Waals surface area contributed by atoms with Crippen molar-refractivity contribution in [2.45, 2.75) is 20.3 Å². The van der Waals surface area contributed by atoms with Crippen LogP contribution in [0.1, 0.15) is 21.8 Å². The summed E-state index contributed by atoms with van der Waals surface area (Å²) in [5.41, 5.74) is 3.01. The van der Waals surface area contributed by atoms with Gasteiger partial charge in [0, 0.05) is 35.8 Å². The maximum Gasteiger partial charge on any atom is 0.244 e. The average molecular weight is 289 g/mol. The number of nitrogens with zero attached hydrogens (tertiary/aromatic N) is 2. The lowest BCUT2D eigenvalue weighted by atomic mass is 10.2. The Balaban J connectivity index is 1.86. The summed E-state index contributed by atoms with van der Waals surface area (Å²) in [5.74, 6) is -0.0655. The smallest absolute Gasteiger partial charge is 0.244 e. The molecule has 0 radical (unpaired) electrons. The molecule has 0 saturated heterocycles. The average Bonchev–Trinajstić information content (AvgIpc) is 2.98. The summed E-state index contributed by atoms with van der Waals surface area (Å²) < 4.78 is 1.82. The zero-order valence-corrected chi connectivity index (χ0v) is 12.8. The molecule has 0 fully saturated rings. The van der Waals surface area contributed by atoms with E-state index in [1.54, 1.807) is 17.4 Å². The lowest BCUT2D eigenvalue weighted by molar-refractivity contribution is -0.116. The molecule has 0 saturated carbocycles. The van der Waals surface area contributed by atoms with E-state index in [1.807, 2.05) is 43.1 Å². The van der Waals surface area contributed by atoms with Crippen LogP contribution in [-0.4, -0.2) is 22.2 Å². The quantitative estimate of drug-likeness (QED) is 0.860. The number of carbonyl (C=O) groups excluding carboxylic acids is 1. The van der Waals surface area contributed by atoms with E-state index in [2.05, 4.69) is 16.5 Å². The molecule has 1 amide bonds. The van der Waals surface area contributed by atoms with Gasteiger partial charge in [-0.05, 0) is 37.8 Å². The molecule has 0 bridgehead atoms. The van der Waals surface area contributed by atoms with Crippen molar-refractivity contribution in [3.8, 4) is 0 Å². The summed E-state index contributed by atoms with van der Waals surface area (Å²) >= 11 is 1.71. The molecule has 2 rings (SSSR count). The zero-order valence-electron chi connectivity index (χ0n) is 12.0. The third kappa shape index (κ3) is 3.57. The van der Waals surface area contributed by atoms with E-state index < -0.39 is 0 Å². The van der Waals surface area contributed by atoms with Crippen molar-refractivity contribution in [1.82, 2.24) is 15.1 Å². The highest BCUT2D eigenvalue weighted by molar-refractivity contribution is 7.09. The van der Waals surface area contributed by atoms with Crippen molar-refractivity contribution in [2.24, 2.45) is 7.05 Å². The van der Waals surface area contributed by atoms with Gasteiger partial charge >= 0.3 is 0 Å². The van der Waals surface area contributed by atoms with Crippen molar-refractivity contribution in [3.63, 3.8) is 0 Å². The molecule has 0 aliphatic carbocycles. The molecule has 1 N–H and O–H groups in total. The van der Waals surface area contributed by atoms with Crippen LogP contribution in [0.4, 0.5) is 0 Å². The number of hydrogen-bond acceptors (Lipinski definition) is 3. The third-order valence-corrected chi connectivity index (χ3v) is 4.15. The van der Waals surface area contributed by atoms with Crippen molar-refractivity contribution in [3.05, 3.63) is 45.4 Å². The predicted octanol–water partition coefficient (Wildman–Crippen LogP) is 2.47. The minimum absolute atomic E-state index is 0.0655. The highest BCUT2D eigenvalue weighted by atomic mass is 32.1. The van der Waals surface area contributed by atoms with Gasteiger partial charge in [0.1, 0.15) is 0 Å². The standard InChI is InChI=1S/C15H19N3OS/c1-11-14(12(2)18(3)17-11)6-7-15(19)16-9-8-13-5-4-10-20-13/h4-7,10H,8-9H2,1-3H3,(H,16,19). The van der Waals surface area contributed by atoms with Gasteiger partial charge < -0.3 is 5.32 Å². The molecule has 2 aromatic heterocycles. The van der Waals surface area contributed by atoms with Crippen LogP contribution in [-0.2, 0) is 18.3 Å². The maximum absolute atomic E-state index is 11.8. The summed E-state index contributed by atoms with van der Waals surface area (Å²) in [6, 6.07) is 4.10. The van der Waals surface area contributed by atoms with Crippen LogP contribution in [0.3, 0.4) is 0 Å². The number of carbonyl (C=O) groups is 1. The summed E-state index contributed by atoms with van der Waals surface area (Å²) in [4.78, 5) is 13.0. The van der Waals surface area contributed by atoms with E-state index in [0.717, 1.165) is 23.4 Å². The second-order valence-electron chi connectivity index (χ2n) is 4.66. The van der Waals surface area contributed by atoms with E-state index in [4.69, 9.17) is 0 Å². The Morgan fingerprint density at radius 3 is 2.90 bits per heavy atom. The fourth-order valence-electron chi connectivity index (χ4n) is 2.01. The van der Waals surface area contributed by atoms with Gasteiger partial charge in [-0.15, -0.1) is 11.3 Å². The first-order chi connectivity index (χ1) is 9.58. The van der Waals surface area contributed by atoms with E-state index in [9.17, 15) is 4.79 Å². The van der Waals surface area contributed by atoms with Crippen LogP contribution >= 0.6 is 11.3 Å². The van der Waals surface area contributed by atoms with Gasteiger partial charge in [0.15, 0.2) is 0 Å². The molecule has 0 aliphatic heterocycles. The van der Waals surface area contributed by atoms with Crippen molar-refractivity contribution < 1.29 is 4.79 Å². The molecule has 0 atom stereocenters. The maximum atomic E-state index is 11.8. The highest BCUT2D eigenvalue weighted by Gasteiger charge is 2.06. The first-order valence-electron chi connectivity index (χ1n) is 6.56. The van der Waals surface area contributed by atoms with Crippen molar-refractivity contribution in [2.75, 3.05) is 6.54 Å². The summed E-state index contributed by atoms with van der Waals surface area (Å²) in [5, 5.41) is 9.26.